The van der Waals surface area contributed by atoms with Crippen LogP contribution in [0.25, 0.3) is 10.9 Å². The highest BCUT2D eigenvalue weighted by Gasteiger charge is 2.25. The van der Waals surface area contributed by atoms with Gasteiger partial charge in [0.15, 0.2) is 11.5 Å². The minimum atomic E-state index is -0.151. The number of carbonyl (C=O) groups is 1. The summed E-state index contributed by atoms with van der Waals surface area (Å²) in [5, 5.41) is 4.21. The molecule has 0 saturated heterocycles. The zero-order valence-corrected chi connectivity index (χ0v) is 18.2. The van der Waals surface area contributed by atoms with Crippen LogP contribution >= 0.6 is 0 Å². The summed E-state index contributed by atoms with van der Waals surface area (Å²) in [7, 11) is 3.27. The quantitative estimate of drug-likeness (QED) is 0.417. The molecule has 160 valence electrons. The number of H-pyrrole nitrogens is 1. The van der Waals surface area contributed by atoms with Crippen molar-refractivity contribution in [2.75, 3.05) is 20.8 Å². The number of rotatable bonds is 11. The summed E-state index contributed by atoms with van der Waals surface area (Å²) in [5.74, 6) is 1.24. The predicted molar refractivity (Wildman–Crippen MR) is 121 cm³/mol. The topological polar surface area (TPSA) is 63.4 Å². The number of benzene rings is 2. The van der Waals surface area contributed by atoms with Gasteiger partial charge in [0, 0.05) is 41.5 Å². The van der Waals surface area contributed by atoms with Gasteiger partial charge >= 0.3 is 0 Å². The Bertz CT molecular complexity index is 964. The Hall–Kier alpha value is -2.95. The van der Waals surface area contributed by atoms with Crippen molar-refractivity contribution in [2.24, 2.45) is 0 Å². The Morgan fingerprint density at radius 3 is 2.60 bits per heavy atom. The van der Waals surface area contributed by atoms with Gasteiger partial charge in [-0.1, -0.05) is 56.5 Å². The second kappa shape index (κ2) is 10.7. The van der Waals surface area contributed by atoms with Gasteiger partial charge in [0.05, 0.1) is 14.2 Å². The van der Waals surface area contributed by atoms with E-state index in [1.165, 1.54) is 12.8 Å². The molecule has 0 bridgehead atoms. The van der Waals surface area contributed by atoms with E-state index in [1.807, 2.05) is 42.6 Å². The first-order valence-corrected chi connectivity index (χ1v) is 10.7. The van der Waals surface area contributed by atoms with Crippen LogP contribution in [0.15, 0.2) is 48.7 Å². The molecule has 0 fully saturated rings. The van der Waals surface area contributed by atoms with Crippen molar-refractivity contribution in [1.82, 2.24) is 10.3 Å². The maximum atomic E-state index is 12.9. The van der Waals surface area contributed by atoms with Crippen LogP contribution in [-0.2, 0) is 4.79 Å². The number of amides is 1. The lowest BCUT2D eigenvalue weighted by Gasteiger charge is -2.21. The molecule has 0 aliphatic rings. The molecule has 3 rings (SSSR count). The van der Waals surface area contributed by atoms with E-state index in [2.05, 4.69) is 23.3 Å². The van der Waals surface area contributed by atoms with Crippen LogP contribution in [0.2, 0.25) is 0 Å². The molecule has 2 N–H and O–H groups in total. The van der Waals surface area contributed by atoms with Crippen LogP contribution < -0.4 is 14.8 Å². The molecule has 3 aromatic rings. The van der Waals surface area contributed by atoms with Gasteiger partial charge in [-0.3, -0.25) is 4.79 Å². The summed E-state index contributed by atoms with van der Waals surface area (Å²) < 4.78 is 11.2. The van der Waals surface area contributed by atoms with E-state index >= 15 is 0 Å². The fourth-order valence-electron chi connectivity index (χ4n) is 3.99. The SMILES string of the molecule is CCCCCCNC(=O)C[C@H](c1cccc(OC)c1OC)c1c[nH]c2ccccc12. The summed E-state index contributed by atoms with van der Waals surface area (Å²) in [6.45, 7) is 2.90. The number of hydrogen-bond donors (Lipinski definition) is 2. The number of nitrogens with one attached hydrogen (secondary N) is 2. The van der Waals surface area contributed by atoms with Crippen molar-refractivity contribution in [3.05, 3.63) is 59.8 Å². The highest BCUT2D eigenvalue weighted by Crippen LogP contribution is 2.41. The molecule has 0 spiro atoms. The Kier molecular flexibility index (Phi) is 7.77. The van der Waals surface area contributed by atoms with E-state index < -0.39 is 0 Å². The number of para-hydroxylation sites is 2. The first-order chi connectivity index (χ1) is 14.7. The third kappa shape index (κ3) is 4.96. The summed E-state index contributed by atoms with van der Waals surface area (Å²) >= 11 is 0. The van der Waals surface area contributed by atoms with Crippen LogP contribution in [0.1, 0.15) is 56.1 Å². The minimum Gasteiger partial charge on any atom is -0.493 e. The zero-order valence-electron chi connectivity index (χ0n) is 18.2. The van der Waals surface area contributed by atoms with Gasteiger partial charge in [-0.15, -0.1) is 0 Å². The first-order valence-electron chi connectivity index (χ1n) is 10.7. The number of methoxy groups -OCH3 is 2. The van der Waals surface area contributed by atoms with E-state index in [4.69, 9.17) is 9.47 Å². The molecule has 5 nitrogen and oxygen atoms in total. The predicted octanol–water partition coefficient (Wildman–Crippen LogP) is 5.40. The van der Waals surface area contributed by atoms with Gasteiger partial charge in [-0.2, -0.15) is 0 Å². The van der Waals surface area contributed by atoms with Crippen LogP contribution in [0.4, 0.5) is 0 Å². The van der Waals surface area contributed by atoms with Crippen molar-refractivity contribution >= 4 is 16.8 Å². The monoisotopic (exact) mass is 408 g/mol. The molecule has 2 aromatic carbocycles. The number of ether oxygens (including phenoxy) is 2. The molecule has 5 heteroatoms. The Balaban J connectivity index is 1.92. The number of fused-ring (bicyclic) bond motifs is 1. The second-order valence-electron chi connectivity index (χ2n) is 7.54. The number of carbonyl (C=O) groups excluding carboxylic acids is 1. The maximum Gasteiger partial charge on any atom is 0.220 e. The highest BCUT2D eigenvalue weighted by molar-refractivity contribution is 5.86. The van der Waals surface area contributed by atoms with Gasteiger partial charge in [0.25, 0.3) is 0 Å². The molecular weight excluding hydrogens is 376 g/mol. The molecule has 0 saturated carbocycles. The third-order valence-electron chi connectivity index (χ3n) is 5.55. The average molecular weight is 409 g/mol. The zero-order chi connectivity index (χ0) is 21.3. The number of hydrogen-bond acceptors (Lipinski definition) is 3. The largest absolute Gasteiger partial charge is 0.493 e. The van der Waals surface area contributed by atoms with Crippen molar-refractivity contribution in [1.29, 1.82) is 0 Å². The summed E-state index contributed by atoms with van der Waals surface area (Å²) in [4.78, 5) is 16.2. The van der Waals surface area contributed by atoms with Crippen molar-refractivity contribution in [3.8, 4) is 11.5 Å². The van der Waals surface area contributed by atoms with Crippen molar-refractivity contribution in [2.45, 2.75) is 44.9 Å². The van der Waals surface area contributed by atoms with E-state index in [0.29, 0.717) is 24.5 Å². The average Bonchev–Trinajstić information content (AvgIpc) is 3.20. The van der Waals surface area contributed by atoms with Crippen LogP contribution in [0.5, 0.6) is 11.5 Å². The smallest absolute Gasteiger partial charge is 0.220 e. The molecule has 1 amide bonds. The summed E-state index contributed by atoms with van der Waals surface area (Å²) in [6.07, 6.45) is 6.90. The molecule has 0 aliphatic heterocycles. The van der Waals surface area contributed by atoms with E-state index in [9.17, 15) is 4.79 Å². The van der Waals surface area contributed by atoms with Gasteiger partial charge in [-0.05, 0) is 24.1 Å². The van der Waals surface area contributed by atoms with E-state index in [1.54, 1.807) is 14.2 Å². The van der Waals surface area contributed by atoms with E-state index in [0.717, 1.165) is 34.9 Å². The molecule has 0 radical (unpaired) electrons. The standard InChI is InChI=1S/C25H32N2O3/c1-4-5-6-9-15-26-24(28)16-20(19-12-10-14-23(29-2)25(19)30-3)21-17-27-22-13-8-7-11-18(21)22/h7-8,10-14,17,20,27H,4-6,9,15-16H2,1-3H3,(H,26,28)/t20-/m1/s1. The highest BCUT2D eigenvalue weighted by atomic mass is 16.5. The molecular formula is C25H32N2O3. The normalized spacial score (nSPS) is 12.0. The Morgan fingerprint density at radius 2 is 1.83 bits per heavy atom. The lowest BCUT2D eigenvalue weighted by molar-refractivity contribution is -0.121. The molecule has 0 unspecified atom stereocenters. The summed E-state index contributed by atoms with van der Waals surface area (Å²) in [6, 6.07) is 14.0. The number of aromatic amines is 1. The number of unbranched alkanes of at least 4 members (excludes halogenated alkanes) is 3. The molecule has 1 atom stereocenters. The summed E-state index contributed by atoms with van der Waals surface area (Å²) in [5.41, 5.74) is 3.08. The van der Waals surface area contributed by atoms with Gasteiger partial charge in [-0.25, -0.2) is 0 Å². The lowest BCUT2D eigenvalue weighted by atomic mass is 9.87. The van der Waals surface area contributed by atoms with Crippen LogP contribution in [-0.4, -0.2) is 31.7 Å². The molecule has 0 aliphatic carbocycles. The van der Waals surface area contributed by atoms with Crippen LogP contribution in [0, 0.1) is 0 Å². The maximum absolute atomic E-state index is 12.9. The molecule has 30 heavy (non-hydrogen) atoms. The van der Waals surface area contributed by atoms with Gasteiger partial charge in [0.2, 0.25) is 5.91 Å². The van der Waals surface area contributed by atoms with E-state index in [-0.39, 0.29) is 11.8 Å². The van der Waals surface area contributed by atoms with Gasteiger partial charge in [0.1, 0.15) is 0 Å². The number of aromatic nitrogens is 1. The fraction of sp³-hybridized carbons (Fsp3) is 0.400. The van der Waals surface area contributed by atoms with Crippen LogP contribution in [0.3, 0.4) is 0 Å². The fourth-order valence-corrected chi connectivity index (χ4v) is 3.99. The Labute approximate surface area is 178 Å². The van der Waals surface area contributed by atoms with Gasteiger partial charge < -0.3 is 19.8 Å². The molecule has 1 aromatic heterocycles. The first kappa shape index (κ1) is 21.8. The minimum absolute atomic E-state index is 0.0478. The third-order valence-corrected chi connectivity index (χ3v) is 5.55. The van der Waals surface area contributed by atoms with Crippen molar-refractivity contribution < 1.29 is 14.3 Å². The Morgan fingerprint density at radius 1 is 1.00 bits per heavy atom. The molecule has 1 heterocycles. The second-order valence-corrected chi connectivity index (χ2v) is 7.54. The van der Waals surface area contributed by atoms with Crippen molar-refractivity contribution in [3.63, 3.8) is 0 Å². The lowest BCUT2D eigenvalue weighted by Crippen LogP contribution is -2.26.